The fourth-order valence-corrected chi connectivity index (χ4v) is 4.94. The van der Waals surface area contributed by atoms with Crippen LogP contribution in [0.25, 0.3) is 0 Å². The van der Waals surface area contributed by atoms with Crippen molar-refractivity contribution in [3.63, 3.8) is 0 Å². The van der Waals surface area contributed by atoms with Gasteiger partial charge in [-0.3, -0.25) is 19.4 Å². The number of carbonyl (C=O) groups is 3. The van der Waals surface area contributed by atoms with E-state index in [4.69, 9.17) is 4.74 Å². The van der Waals surface area contributed by atoms with E-state index in [1.807, 2.05) is 50.2 Å². The van der Waals surface area contributed by atoms with Crippen LogP contribution in [0.4, 0.5) is 0 Å². The van der Waals surface area contributed by atoms with Crippen LogP contribution in [0, 0.1) is 0 Å². The van der Waals surface area contributed by atoms with Crippen LogP contribution in [0.2, 0.25) is 0 Å². The number of carbonyl (C=O) groups excluding carboxylic acids is 3. The molecule has 33 heavy (non-hydrogen) atoms. The second-order valence-electron chi connectivity index (χ2n) is 9.04. The Bertz CT molecular complexity index is 1030. The minimum absolute atomic E-state index is 0.100. The summed E-state index contributed by atoms with van der Waals surface area (Å²) in [6.45, 7) is 7.07. The quantitative estimate of drug-likeness (QED) is 0.659. The number of hydrogen-bond donors (Lipinski definition) is 0. The second kappa shape index (κ2) is 8.81. The van der Waals surface area contributed by atoms with Crippen molar-refractivity contribution in [1.82, 2.24) is 9.91 Å². The largest absolute Gasteiger partial charge is 0.448 e. The standard InChI is InChI=1S/C26H29N3O4/c1-17(2)28-16-21(23(19-11-7-5-8-12-19)20-13-9-6-10-14-20)29-24(25(28)32)26(4,33-18(3)30)22(31)15-27-29/h5-15,17,21,23-24H,16H2,1-4H3. The van der Waals surface area contributed by atoms with Gasteiger partial charge in [0.1, 0.15) is 0 Å². The van der Waals surface area contributed by atoms with E-state index in [2.05, 4.69) is 29.4 Å². The predicted octanol–water partition coefficient (Wildman–Crippen LogP) is 3.00. The Morgan fingerprint density at radius 2 is 1.58 bits per heavy atom. The van der Waals surface area contributed by atoms with Crippen molar-refractivity contribution < 1.29 is 19.1 Å². The third-order valence-corrected chi connectivity index (χ3v) is 6.51. The fraction of sp³-hybridized carbons (Fsp3) is 0.385. The number of fused-ring (bicyclic) bond motifs is 1. The number of nitrogens with zero attached hydrogens (tertiary/aromatic N) is 3. The molecular formula is C26H29N3O4. The van der Waals surface area contributed by atoms with E-state index in [9.17, 15) is 14.4 Å². The summed E-state index contributed by atoms with van der Waals surface area (Å²) in [6.07, 6.45) is 1.18. The molecule has 2 aliphatic rings. The minimum atomic E-state index is -1.66. The number of ether oxygens (including phenoxy) is 1. The molecule has 0 spiro atoms. The average Bonchev–Trinajstić information content (AvgIpc) is 2.78. The molecule has 2 aromatic carbocycles. The Balaban J connectivity index is 1.89. The number of benzene rings is 2. The summed E-state index contributed by atoms with van der Waals surface area (Å²) in [5.74, 6) is -1.51. The lowest BCUT2D eigenvalue weighted by atomic mass is 9.79. The Labute approximate surface area is 194 Å². The highest BCUT2D eigenvalue weighted by molar-refractivity contribution is 6.33. The van der Waals surface area contributed by atoms with Gasteiger partial charge in [-0.2, -0.15) is 5.10 Å². The maximum atomic E-state index is 13.7. The second-order valence-corrected chi connectivity index (χ2v) is 9.04. The molecule has 2 aliphatic heterocycles. The van der Waals surface area contributed by atoms with Gasteiger partial charge < -0.3 is 9.64 Å². The molecule has 4 rings (SSSR count). The molecule has 0 saturated carbocycles. The fourth-order valence-electron chi connectivity index (χ4n) is 4.94. The van der Waals surface area contributed by atoms with Crippen LogP contribution in [-0.2, 0) is 19.1 Å². The third kappa shape index (κ3) is 4.03. The third-order valence-electron chi connectivity index (χ3n) is 6.51. The minimum Gasteiger partial charge on any atom is -0.448 e. The maximum Gasteiger partial charge on any atom is 0.303 e. The summed E-state index contributed by atoms with van der Waals surface area (Å²) in [7, 11) is 0. The first-order chi connectivity index (χ1) is 15.7. The molecule has 0 radical (unpaired) electrons. The van der Waals surface area contributed by atoms with Crippen LogP contribution in [0.15, 0.2) is 65.8 Å². The highest BCUT2D eigenvalue weighted by Crippen LogP contribution is 2.40. The molecule has 0 aromatic heterocycles. The molecule has 2 aromatic rings. The van der Waals surface area contributed by atoms with Crippen LogP contribution in [0.5, 0.6) is 0 Å². The first-order valence-electron chi connectivity index (χ1n) is 11.2. The van der Waals surface area contributed by atoms with E-state index in [0.717, 1.165) is 11.1 Å². The number of ketones is 1. The van der Waals surface area contributed by atoms with Crippen LogP contribution in [0.3, 0.4) is 0 Å². The predicted molar refractivity (Wildman–Crippen MR) is 125 cm³/mol. The molecule has 7 heteroatoms. The molecule has 1 saturated heterocycles. The summed E-state index contributed by atoms with van der Waals surface area (Å²) >= 11 is 0. The molecule has 3 atom stereocenters. The van der Waals surface area contributed by atoms with Gasteiger partial charge in [0.05, 0.1) is 12.3 Å². The Kier molecular flexibility index (Phi) is 6.06. The van der Waals surface area contributed by atoms with Crippen molar-refractivity contribution in [3.05, 3.63) is 71.8 Å². The number of hydrazone groups is 1. The van der Waals surface area contributed by atoms with Gasteiger partial charge in [-0.15, -0.1) is 0 Å². The number of amides is 1. The lowest BCUT2D eigenvalue weighted by molar-refractivity contribution is -0.183. The van der Waals surface area contributed by atoms with Gasteiger partial charge in [0, 0.05) is 25.4 Å². The van der Waals surface area contributed by atoms with Gasteiger partial charge in [-0.1, -0.05) is 60.7 Å². The number of hydrogen-bond acceptors (Lipinski definition) is 6. The molecule has 0 N–H and O–H groups in total. The van der Waals surface area contributed by atoms with Crippen molar-refractivity contribution in [2.45, 2.75) is 57.3 Å². The van der Waals surface area contributed by atoms with Crippen LogP contribution in [-0.4, -0.2) is 64.1 Å². The van der Waals surface area contributed by atoms with Crippen LogP contribution < -0.4 is 0 Å². The maximum absolute atomic E-state index is 13.7. The van der Waals surface area contributed by atoms with Gasteiger partial charge in [-0.25, -0.2) is 0 Å². The number of piperazine rings is 1. The molecule has 7 nitrogen and oxygen atoms in total. The average molecular weight is 448 g/mol. The van der Waals surface area contributed by atoms with E-state index in [0.29, 0.717) is 6.54 Å². The first kappa shape index (κ1) is 22.7. The molecular weight excluding hydrogens is 418 g/mol. The smallest absolute Gasteiger partial charge is 0.303 e. The molecule has 1 amide bonds. The summed E-state index contributed by atoms with van der Waals surface area (Å²) in [5.41, 5.74) is 0.493. The summed E-state index contributed by atoms with van der Waals surface area (Å²) in [4.78, 5) is 40.3. The first-order valence-corrected chi connectivity index (χ1v) is 11.2. The number of rotatable bonds is 5. The summed E-state index contributed by atoms with van der Waals surface area (Å²) in [6, 6.07) is 18.7. The van der Waals surface area contributed by atoms with Gasteiger partial charge >= 0.3 is 5.97 Å². The molecule has 2 heterocycles. The lowest BCUT2D eigenvalue weighted by Gasteiger charge is -2.53. The van der Waals surface area contributed by atoms with Crippen LogP contribution >= 0.6 is 0 Å². The molecule has 0 aliphatic carbocycles. The summed E-state index contributed by atoms with van der Waals surface area (Å²) < 4.78 is 5.53. The zero-order chi connectivity index (χ0) is 23.8. The van der Waals surface area contributed by atoms with Crippen molar-refractivity contribution >= 4 is 23.9 Å². The zero-order valence-electron chi connectivity index (χ0n) is 19.3. The molecule has 0 bridgehead atoms. The van der Waals surface area contributed by atoms with Gasteiger partial charge in [0.15, 0.2) is 6.04 Å². The van der Waals surface area contributed by atoms with Gasteiger partial charge in [-0.05, 0) is 31.9 Å². The molecule has 172 valence electrons. The Hall–Kier alpha value is -3.48. The lowest BCUT2D eigenvalue weighted by Crippen LogP contribution is -2.73. The van der Waals surface area contributed by atoms with Crippen LogP contribution in [0.1, 0.15) is 44.7 Å². The normalized spacial score (nSPS) is 24.9. The van der Waals surface area contributed by atoms with E-state index in [1.165, 1.54) is 20.1 Å². The monoisotopic (exact) mass is 447 g/mol. The van der Waals surface area contributed by atoms with Crippen molar-refractivity contribution in [2.24, 2.45) is 5.10 Å². The van der Waals surface area contributed by atoms with E-state index in [-0.39, 0.29) is 23.9 Å². The van der Waals surface area contributed by atoms with Gasteiger partial charge in [0.25, 0.3) is 5.91 Å². The number of Topliss-reactive ketones (excluding diaryl/α,β-unsaturated/α-hetero) is 1. The molecule has 3 unspecified atom stereocenters. The van der Waals surface area contributed by atoms with E-state index >= 15 is 0 Å². The van der Waals surface area contributed by atoms with Crippen molar-refractivity contribution in [1.29, 1.82) is 0 Å². The van der Waals surface area contributed by atoms with Gasteiger partial charge in [0.2, 0.25) is 11.4 Å². The van der Waals surface area contributed by atoms with E-state index < -0.39 is 23.4 Å². The molecule has 1 fully saturated rings. The Morgan fingerprint density at radius 1 is 1.03 bits per heavy atom. The summed E-state index contributed by atoms with van der Waals surface area (Å²) in [5, 5.41) is 6.14. The SMILES string of the molecule is CC(=O)OC1(C)C(=O)C=NN2C(C(c3ccccc3)c3ccccc3)CN(C(C)C)C(=O)C21. The van der Waals surface area contributed by atoms with Crippen molar-refractivity contribution in [3.8, 4) is 0 Å². The van der Waals surface area contributed by atoms with E-state index in [1.54, 1.807) is 9.91 Å². The highest BCUT2D eigenvalue weighted by atomic mass is 16.6. The number of esters is 1. The Morgan fingerprint density at radius 3 is 2.06 bits per heavy atom. The zero-order valence-corrected chi connectivity index (χ0v) is 19.3. The highest BCUT2D eigenvalue weighted by Gasteiger charge is 2.59. The topological polar surface area (TPSA) is 79.3 Å². The van der Waals surface area contributed by atoms with Crippen molar-refractivity contribution in [2.75, 3.05) is 6.54 Å².